The average molecular weight is 330 g/mol. The van der Waals surface area contributed by atoms with Gasteiger partial charge in [-0.15, -0.1) is 13.2 Å². The minimum atomic E-state index is -4.80. The summed E-state index contributed by atoms with van der Waals surface area (Å²) in [5, 5.41) is 2.72. The fraction of sp³-hybridized carbons (Fsp3) is 0.0833. The van der Waals surface area contributed by atoms with Crippen LogP contribution in [0.5, 0.6) is 5.75 Å². The number of nitrogens with one attached hydrogen (secondary N) is 2. The second-order valence-electron chi connectivity index (χ2n) is 4.14. The number of halogens is 4. The third-order valence-corrected chi connectivity index (χ3v) is 2.93. The van der Waals surface area contributed by atoms with Crippen LogP contribution in [0.4, 0.5) is 24.7 Å². The maximum absolute atomic E-state index is 12.2. The molecule has 0 aliphatic heterocycles. The summed E-state index contributed by atoms with van der Waals surface area (Å²) in [5.74, 6) is -0.0841. The zero-order valence-corrected chi connectivity index (χ0v) is 11.4. The fourth-order valence-corrected chi connectivity index (χ4v) is 2.00. The van der Waals surface area contributed by atoms with Crippen LogP contribution in [0.1, 0.15) is 0 Å². The first kappa shape index (κ1) is 14.4. The lowest BCUT2D eigenvalue weighted by atomic mass is 10.3. The van der Waals surface area contributed by atoms with Crippen molar-refractivity contribution in [1.82, 2.24) is 19.9 Å². The second-order valence-corrected chi connectivity index (χ2v) is 4.55. The lowest BCUT2D eigenvalue weighted by Gasteiger charge is -2.12. The van der Waals surface area contributed by atoms with E-state index in [1.54, 1.807) is 0 Å². The number of nitrogens with zero attached hydrogens (tertiary/aromatic N) is 3. The average Bonchev–Trinajstić information content (AvgIpc) is 2.90. The van der Waals surface area contributed by atoms with Gasteiger partial charge in [-0.05, 0) is 18.2 Å². The van der Waals surface area contributed by atoms with Crippen LogP contribution in [0.3, 0.4) is 0 Å². The van der Waals surface area contributed by atoms with Crippen LogP contribution >= 0.6 is 11.6 Å². The lowest BCUT2D eigenvalue weighted by molar-refractivity contribution is -0.274. The molecule has 0 saturated carbocycles. The van der Waals surface area contributed by atoms with Crippen LogP contribution in [0.15, 0.2) is 30.9 Å². The van der Waals surface area contributed by atoms with Crippen molar-refractivity contribution in [1.29, 1.82) is 0 Å². The minimum absolute atomic E-state index is 0.186. The van der Waals surface area contributed by atoms with E-state index in [-0.39, 0.29) is 5.02 Å². The van der Waals surface area contributed by atoms with Gasteiger partial charge in [-0.2, -0.15) is 0 Å². The van der Waals surface area contributed by atoms with Crippen molar-refractivity contribution in [3.05, 3.63) is 35.9 Å². The largest absolute Gasteiger partial charge is 0.573 e. The fourth-order valence-electron chi connectivity index (χ4n) is 1.78. The van der Waals surface area contributed by atoms with Crippen molar-refractivity contribution in [2.45, 2.75) is 6.36 Å². The maximum atomic E-state index is 12.2. The smallest absolute Gasteiger partial charge is 0.404 e. The molecule has 2 heterocycles. The Balaban J connectivity index is 1.87. The van der Waals surface area contributed by atoms with Crippen LogP contribution < -0.4 is 10.1 Å². The highest BCUT2D eigenvalue weighted by atomic mass is 35.5. The minimum Gasteiger partial charge on any atom is -0.404 e. The molecule has 0 fully saturated rings. The number of H-pyrrole nitrogens is 1. The molecule has 0 aliphatic rings. The van der Waals surface area contributed by atoms with Gasteiger partial charge in [-0.1, -0.05) is 11.6 Å². The Morgan fingerprint density at radius 1 is 1.18 bits per heavy atom. The first-order valence-electron chi connectivity index (χ1n) is 5.89. The van der Waals surface area contributed by atoms with E-state index in [1.807, 2.05) is 0 Å². The quantitative estimate of drug-likeness (QED) is 0.767. The number of alkyl halides is 3. The van der Waals surface area contributed by atoms with E-state index in [1.165, 1.54) is 24.8 Å². The van der Waals surface area contributed by atoms with Gasteiger partial charge in [0.05, 0.1) is 11.3 Å². The zero-order valence-electron chi connectivity index (χ0n) is 10.6. The second kappa shape index (κ2) is 5.34. The summed E-state index contributed by atoms with van der Waals surface area (Å²) in [6, 6.07) is 3.79. The number of hydrogen-bond acceptors (Lipinski definition) is 5. The number of ether oxygens (including phenoxy) is 1. The van der Waals surface area contributed by atoms with Gasteiger partial charge >= 0.3 is 6.36 Å². The van der Waals surface area contributed by atoms with Gasteiger partial charge in [0, 0.05) is 5.69 Å². The summed E-state index contributed by atoms with van der Waals surface area (Å²) in [6.07, 6.45) is -2.02. The Morgan fingerprint density at radius 3 is 2.73 bits per heavy atom. The molecule has 22 heavy (non-hydrogen) atoms. The van der Waals surface area contributed by atoms with Gasteiger partial charge in [-0.25, -0.2) is 15.0 Å². The Labute approximate surface area is 126 Å². The highest BCUT2D eigenvalue weighted by Gasteiger charge is 2.32. The number of anilines is 2. The van der Waals surface area contributed by atoms with Gasteiger partial charge < -0.3 is 15.0 Å². The number of hydrogen-bond donors (Lipinski definition) is 2. The first-order chi connectivity index (χ1) is 10.4. The molecule has 3 rings (SSSR count). The number of benzene rings is 1. The molecule has 0 bridgehead atoms. The molecule has 0 spiro atoms. The van der Waals surface area contributed by atoms with E-state index in [4.69, 9.17) is 11.6 Å². The van der Waals surface area contributed by atoms with Crippen LogP contribution in [0.25, 0.3) is 11.2 Å². The summed E-state index contributed by atoms with van der Waals surface area (Å²) >= 11 is 5.78. The summed E-state index contributed by atoms with van der Waals surface area (Å²) in [5.41, 5.74) is 1.46. The molecule has 0 saturated heterocycles. The summed E-state index contributed by atoms with van der Waals surface area (Å²) in [7, 11) is 0. The predicted molar refractivity (Wildman–Crippen MR) is 73.1 cm³/mol. The molecule has 2 aromatic heterocycles. The Bertz CT molecular complexity index is 820. The van der Waals surface area contributed by atoms with Crippen LogP contribution in [0.2, 0.25) is 5.02 Å². The first-order valence-corrected chi connectivity index (χ1v) is 6.26. The van der Waals surface area contributed by atoms with Gasteiger partial charge in [0.2, 0.25) is 0 Å². The Kier molecular flexibility index (Phi) is 3.49. The Hall–Kier alpha value is -2.55. The number of aromatic nitrogens is 4. The van der Waals surface area contributed by atoms with Crippen molar-refractivity contribution in [2.75, 3.05) is 5.32 Å². The number of rotatable bonds is 3. The molecule has 2 N–H and O–H groups in total. The normalized spacial score (nSPS) is 11.6. The molecule has 114 valence electrons. The monoisotopic (exact) mass is 329 g/mol. The van der Waals surface area contributed by atoms with Crippen molar-refractivity contribution < 1.29 is 17.9 Å². The SMILES string of the molecule is FC(F)(F)Oc1ccc(Nc2ncnc3[nH]cnc23)cc1Cl. The molecule has 0 amide bonds. The molecule has 6 nitrogen and oxygen atoms in total. The van der Waals surface area contributed by atoms with E-state index < -0.39 is 12.1 Å². The maximum Gasteiger partial charge on any atom is 0.573 e. The number of aromatic amines is 1. The lowest BCUT2D eigenvalue weighted by Crippen LogP contribution is -2.17. The molecule has 0 unspecified atom stereocenters. The Morgan fingerprint density at radius 2 is 2.00 bits per heavy atom. The topological polar surface area (TPSA) is 75.7 Å². The van der Waals surface area contributed by atoms with Crippen molar-refractivity contribution in [2.24, 2.45) is 0 Å². The predicted octanol–water partition coefficient (Wildman–Crippen LogP) is 3.65. The summed E-state index contributed by atoms with van der Waals surface area (Å²) in [4.78, 5) is 14.9. The molecule has 1 aromatic carbocycles. The zero-order chi connectivity index (χ0) is 15.7. The summed E-state index contributed by atoms with van der Waals surface area (Å²) in [6.45, 7) is 0. The summed E-state index contributed by atoms with van der Waals surface area (Å²) < 4.78 is 40.3. The molecule has 0 atom stereocenters. The van der Waals surface area contributed by atoms with Crippen molar-refractivity contribution in [3.63, 3.8) is 0 Å². The number of imidazole rings is 1. The van der Waals surface area contributed by atoms with E-state index in [2.05, 4.69) is 30.0 Å². The molecule has 0 aliphatic carbocycles. The van der Waals surface area contributed by atoms with Crippen LogP contribution in [-0.2, 0) is 0 Å². The third kappa shape index (κ3) is 3.03. The third-order valence-electron chi connectivity index (χ3n) is 2.64. The molecule has 0 radical (unpaired) electrons. The van der Waals surface area contributed by atoms with Crippen LogP contribution in [-0.4, -0.2) is 26.3 Å². The van der Waals surface area contributed by atoms with Gasteiger partial charge in [0.25, 0.3) is 0 Å². The van der Waals surface area contributed by atoms with Crippen molar-refractivity contribution >= 4 is 34.3 Å². The van der Waals surface area contributed by atoms with E-state index in [9.17, 15) is 13.2 Å². The van der Waals surface area contributed by atoms with E-state index >= 15 is 0 Å². The molecular formula is C12H7ClF3N5O. The van der Waals surface area contributed by atoms with E-state index in [0.717, 1.165) is 6.07 Å². The van der Waals surface area contributed by atoms with Crippen LogP contribution in [0, 0.1) is 0 Å². The van der Waals surface area contributed by atoms with E-state index in [0.29, 0.717) is 22.7 Å². The highest BCUT2D eigenvalue weighted by molar-refractivity contribution is 6.32. The molecular weight excluding hydrogens is 323 g/mol. The molecule has 10 heteroatoms. The van der Waals surface area contributed by atoms with Gasteiger partial charge in [-0.3, -0.25) is 0 Å². The standard InChI is InChI=1S/C12H7ClF3N5O/c13-7-3-6(1-2-8(7)22-12(14,15)16)21-11-9-10(18-4-17-9)19-5-20-11/h1-5H,(H2,17,18,19,20,21). The van der Waals surface area contributed by atoms with Gasteiger partial charge in [0.1, 0.15) is 12.1 Å². The highest BCUT2D eigenvalue weighted by Crippen LogP contribution is 2.33. The van der Waals surface area contributed by atoms with Crippen molar-refractivity contribution in [3.8, 4) is 5.75 Å². The molecule has 3 aromatic rings. The number of fused-ring (bicyclic) bond motifs is 1. The van der Waals surface area contributed by atoms with Gasteiger partial charge in [0.15, 0.2) is 17.0 Å².